The Labute approximate surface area is 149 Å². The predicted molar refractivity (Wildman–Crippen MR) is 97.1 cm³/mol. The summed E-state index contributed by atoms with van der Waals surface area (Å²) >= 11 is 0. The van der Waals surface area contributed by atoms with Crippen molar-refractivity contribution >= 4 is 22.5 Å². The van der Waals surface area contributed by atoms with Crippen molar-refractivity contribution in [3.05, 3.63) is 58.1 Å². The van der Waals surface area contributed by atoms with Crippen molar-refractivity contribution in [2.24, 2.45) is 0 Å². The Morgan fingerprint density at radius 3 is 2.54 bits per heavy atom. The number of anilines is 1. The first-order valence-electron chi connectivity index (χ1n) is 8.07. The molecule has 1 N–H and O–H groups in total. The zero-order chi connectivity index (χ0) is 18.4. The molecule has 1 aliphatic heterocycles. The number of methoxy groups -OCH3 is 2. The van der Waals surface area contributed by atoms with Crippen LogP contribution in [0.2, 0.25) is 0 Å². The van der Waals surface area contributed by atoms with Crippen LogP contribution in [0.4, 0.5) is 5.69 Å². The van der Waals surface area contributed by atoms with Crippen LogP contribution in [0.3, 0.4) is 0 Å². The molecule has 2 aromatic carbocycles. The Balaban J connectivity index is 1.94. The molecular weight excluding hydrogens is 334 g/mol. The van der Waals surface area contributed by atoms with Crippen LogP contribution in [0, 0.1) is 6.92 Å². The summed E-state index contributed by atoms with van der Waals surface area (Å²) < 4.78 is 11.9. The molecule has 26 heavy (non-hydrogen) atoms. The lowest BCUT2D eigenvalue weighted by atomic mass is 10.0. The molecule has 2 heterocycles. The van der Waals surface area contributed by atoms with E-state index in [2.05, 4.69) is 10.3 Å². The van der Waals surface area contributed by atoms with E-state index in [1.165, 1.54) is 25.1 Å². The number of rotatable bonds is 3. The third-order valence-electron chi connectivity index (χ3n) is 4.57. The van der Waals surface area contributed by atoms with Gasteiger partial charge in [0.05, 0.1) is 31.4 Å². The van der Waals surface area contributed by atoms with Gasteiger partial charge in [-0.05, 0) is 19.1 Å². The lowest BCUT2D eigenvalue weighted by Gasteiger charge is -2.14. The zero-order valence-electron chi connectivity index (χ0n) is 14.6. The van der Waals surface area contributed by atoms with Gasteiger partial charge in [0, 0.05) is 17.3 Å². The second-order valence-electron chi connectivity index (χ2n) is 6.16. The van der Waals surface area contributed by atoms with Crippen LogP contribution in [0.25, 0.3) is 10.9 Å². The highest BCUT2D eigenvalue weighted by molar-refractivity contribution is 6.03. The quantitative estimate of drug-likeness (QED) is 0.783. The van der Waals surface area contributed by atoms with Crippen molar-refractivity contribution in [2.75, 3.05) is 19.5 Å². The second kappa shape index (κ2) is 5.87. The molecule has 0 saturated heterocycles. The van der Waals surface area contributed by atoms with Crippen LogP contribution >= 0.6 is 0 Å². The fraction of sp³-hybridized carbons (Fsp3) is 0.211. The largest absolute Gasteiger partial charge is 0.493 e. The molecular formula is C19H17N3O4. The molecule has 7 nitrogen and oxygen atoms in total. The standard InChI is InChI=1S/C19H17N3O4/c1-10-4-5-13-11(6-10)17(18(23)21-13)22-9-20-14-8-16(26-3)15(25-2)7-12(14)19(22)24/h4-9,17H,1-3H3,(H,21,23). The highest BCUT2D eigenvalue weighted by Crippen LogP contribution is 2.34. The number of aryl methyl sites for hydroxylation is 1. The summed E-state index contributed by atoms with van der Waals surface area (Å²) in [4.78, 5) is 29.9. The molecule has 3 aromatic rings. The first kappa shape index (κ1) is 16.1. The van der Waals surface area contributed by atoms with E-state index in [9.17, 15) is 9.59 Å². The summed E-state index contributed by atoms with van der Waals surface area (Å²) in [6, 6.07) is 8.15. The molecule has 0 radical (unpaired) electrons. The van der Waals surface area contributed by atoms with Crippen LogP contribution in [0.15, 0.2) is 41.5 Å². The van der Waals surface area contributed by atoms with E-state index in [0.717, 1.165) is 11.1 Å². The Bertz CT molecular complexity index is 1100. The predicted octanol–water partition coefficient (Wildman–Crippen LogP) is 2.26. The van der Waals surface area contributed by atoms with E-state index in [-0.39, 0.29) is 11.5 Å². The third-order valence-corrected chi connectivity index (χ3v) is 4.57. The molecule has 0 saturated carbocycles. The molecule has 1 aromatic heterocycles. The minimum absolute atomic E-state index is 0.255. The third kappa shape index (κ3) is 2.32. The zero-order valence-corrected chi connectivity index (χ0v) is 14.6. The molecule has 4 rings (SSSR count). The molecule has 0 fully saturated rings. The maximum Gasteiger partial charge on any atom is 0.262 e. The van der Waals surface area contributed by atoms with Gasteiger partial charge in [-0.25, -0.2) is 4.98 Å². The number of carbonyl (C=O) groups excluding carboxylic acids is 1. The van der Waals surface area contributed by atoms with Gasteiger partial charge in [-0.1, -0.05) is 17.7 Å². The van der Waals surface area contributed by atoms with E-state index in [4.69, 9.17) is 9.47 Å². The number of amides is 1. The molecule has 1 atom stereocenters. The highest BCUT2D eigenvalue weighted by Gasteiger charge is 2.33. The van der Waals surface area contributed by atoms with Gasteiger partial charge >= 0.3 is 0 Å². The minimum Gasteiger partial charge on any atom is -0.493 e. The van der Waals surface area contributed by atoms with Crippen LogP contribution in [0.5, 0.6) is 11.5 Å². The Kier molecular flexibility index (Phi) is 3.64. The van der Waals surface area contributed by atoms with E-state index in [1.807, 2.05) is 25.1 Å². The van der Waals surface area contributed by atoms with E-state index in [1.54, 1.807) is 12.1 Å². The molecule has 1 amide bonds. The lowest BCUT2D eigenvalue weighted by Crippen LogP contribution is -2.30. The molecule has 0 spiro atoms. The molecule has 1 unspecified atom stereocenters. The number of hydrogen-bond donors (Lipinski definition) is 1. The van der Waals surface area contributed by atoms with Gasteiger partial charge in [-0.2, -0.15) is 0 Å². The minimum atomic E-state index is -0.748. The normalized spacial score (nSPS) is 15.7. The smallest absolute Gasteiger partial charge is 0.262 e. The lowest BCUT2D eigenvalue weighted by molar-refractivity contribution is -0.117. The maximum atomic E-state index is 13.1. The molecule has 7 heteroatoms. The number of hydrogen-bond acceptors (Lipinski definition) is 5. The maximum absolute atomic E-state index is 13.1. The Hall–Kier alpha value is -3.35. The van der Waals surface area contributed by atoms with Crippen LogP contribution in [0.1, 0.15) is 17.2 Å². The van der Waals surface area contributed by atoms with Crippen molar-refractivity contribution in [2.45, 2.75) is 13.0 Å². The van der Waals surface area contributed by atoms with Crippen LogP contribution in [-0.2, 0) is 4.79 Å². The van der Waals surface area contributed by atoms with Crippen molar-refractivity contribution < 1.29 is 14.3 Å². The molecule has 1 aliphatic rings. The fourth-order valence-corrected chi connectivity index (χ4v) is 3.29. The Morgan fingerprint density at radius 2 is 1.81 bits per heavy atom. The van der Waals surface area contributed by atoms with Gasteiger partial charge in [-0.15, -0.1) is 0 Å². The topological polar surface area (TPSA) is 82.5 Å². The fourth-order valence-electron chi connectivity index (χ4n) is 3.29. The summed E-state index contributed by atoms with van der Waals surface area (Å²) in [6.07, 6.45) is 1.40. The van der Waals surface area contributed by atoms with Crippen LogP contribution < -0.4 is 20.3 Å². The average molecular weight is 351 g/mol. The summed E-state index contributed by atoms with van der Waals surface area (Å²) in [5.41, 5.74) is 2.65. The number of fused-ring (bicyclic) bond motifs is 2. The van der Waals surface area contributed by atoms with Gasteiger partial charge in [0.2, 0.25) is 0 Å². The van der Waals surface area contributed by atoms with Crippen LogP contribution in [-0.4, -0.2) is 29.7 Å². The number of benzene rings is 2. The van der Waals surface area contributed by atoms with E-state index >= 15 is 0 Å². The van der Waals surface area contributed by atoms with Gasteiger partial charge in [0.1, 0.15) is 6.04 Å². The van der Waals surface area contributed by atoms with Gasteiger partial charge in [-0.3, -0.25) is 14.2 Å². The van der Waals surface area contributed by atoms with Crippen molar-refractivity contribution in [3.8, 4) is 11.5 Å². The summed E-state index contributed by atoms with van der Waals surface area (Å²) in [5, 5.41) is 3.18. The number of carbonyl (C=O) groups is 1. The SMILES string of the molecule is COc1cc2ncn(C3C(=O)Nc4ccc(C)cc43)c(=O)c2cc1OC. The Morgan fingerprint density at radius 1 is 1.08 bits per heavy atom. The highest BCUT2D eigenvalue weighted by atomic mass is 16.5. The van der Waals surface area contributed by atoms with Gasteiger partial charge < -0.3 is 14.8 Å². The number of aromatic nitrogens is 2. The molecule has 132 valence electrons. The van der Waals surface area contributed by atoms with Gasteiger partial charge in [0.25, 0.3) is 11.5 Å². The van der Waals surface area contributed by atoms with Crippen molar-refractivity contribution in [1.29, 1.82) is 0 Å². The first-order chi connectivity index (χ1) is 12.5. The number of nitrogens with zero attached hydrogens (tertiary/aromatic N) is 2. The summed E-state index contributed by atoms with van der Waals surface area (Å²) in [7, 11) is 3.02. The van der Waals surface area contributed by atoms with Crippen molar-refractivity contribution in [1.82, 2.24) is 9.55 Å². The summed E-state index contributed by atoms with van der Waals surface area (Å²) in [5.74, 6) is 0.669. The van der Waals surface area contributed by atoms with Gasteiger partial charge in [0.15, 0.2) is 11.5 Å². The first-order valence-corrected chi connectivity index (χ1v) is 8.07. The number of ether oxygens (including phenoxy) is 2. The average Bonchev–Trinajstić information content (AvgIpc) is 2.96. The summed E-state index contributed by atoms with van der Waals surface area (Å²) in [6.45, 7) is 1.94. The van der Waals surface area contributed by atoms with E-state index < -0.39 is 6.04 Å². The monoisotopic (exact) mass is 351 g/mol. The number of nitrogens with one attached hydrogen (secondary N) is 1. The van der Waals surface area contributed by atoms with Crippen molar-refractivity contribution in [3.63, 3.8) is 0 Å². The molecule has 0 bridgehead atoms. The second-order valence-corrected chi connectivity index (χ2v) is 6.16. The van der Waals surface area contributed by atoms with E-state index in [0.29, 0.717) is 28.1 Å². The molecule has 0 aliphatic carbocycles.